The Bertz CT molecular complexity index is 2470. The number of β-amino-alcohol motifs (C(OH)–C–C–N with tert-alkyl or cyclic N) is 1. The average molecular weight is 787 g/mol. The number of aromatic nitrogens is 5. The van der Waals surface area contributed by atoms with Gasteiger partial charge in [-0.15, -0.1) is 0 Å². The second-order valence-corrected chi connectivity index (χ2v) is 17.5. The number of Topliss-reactive ketones (excluding diaryl/α,β-unsaturated/α-hetero) is 1. The predicted octanol–water partition coefficient (Wildman–Crippen LogP) is 6.36. The van der Waals surface area contributed by atoms with Gasteiger partial charge >= 0.3 is 0 Å². The fraction of sp³-hybridized carbons (Fsp3) is 0.421. The Labute approximate surface area is 311 Å². The third-order valence-electron chi connectivity index (χ3n) is 10.7. The van der Waals surface area contributed by atoms with Crippen LogP contribution in [0.3, 0.4) is 0 Å². The summed E-state index contributed by atoms with van der Waals surface area (Å²) in [6, 6.07) is 11.6. The van der Waals surface area contributed by atoms with E-state index >= 15 is 8.78 Å². The first-order valence-corrected chi connectivity index (χ1v) is 19.7. The van der Waals surface area contributed by atoms with E-state index < -0.39 is 87.3 Å². The predicted molar refractivity (Wildman–Crippen MR) is 190 cm³/mol. The lowest BCUT2D eigenvalue weighted by atomic mass is 9.86. The molecule has 0 spiro atoms. The molecule has 290 valence electrons. The van der Waals surface area contributed by atoms with Gasteiger partial charge in [0.2, 0.25) is 0 Å². The molecule has 10 nitrogen and oxygen atoms in total. The van der Waals surface area contributed by atoms with Gasteiger partial charge in [-0.2, -0.15) is 19.0 Å². The van der Waals surface area contributed by atoms with Crippen LogP contribution in [0.1, 0.15) is 71.9 Å². The maximum absolute atomic E-state index is 15.4. The van der Waals surface area contributed by atoms with Gasteiger partial charge in [0.1, 0.15) is 35.4 Å². The molecular weight excluding hydrogens is 751 g/mol. The van der Waals surface area contributed by atoms with Crippen LogP contribution in [0.15, 0.2) is 48.5 Å². The van der Waals surface area contributed by atoms with Crippen LogP contribution < -0.4 is 4.90 Å². The highest BCUT2D eigenvalue weighted by atomic mass is 32.2. The number of hydrogen-bond acceptors (Lipinski definition) is 8. The van der Waals surface area contributed by atoms with Gasteiger partial charge in [-0.1, -0.05) is 18.2 Å². The number of sulfone groups is 1. The van der Waals surface area contributed by atoms with Crippen molar-refractivity contribution in [3.8, 4) is 11.1 Å². The second kappa shape index (κ2) is 12.9. The van der Waals surface area contributed by atoms with Crippen LogP contribution in [0.4, 0.5) is 32.2 Å². The second-order valence-electron chi connectivity index (χ2n) is 15.4. The number of alkyl halides is 4. The minimum Gasteiger partial charge on any atom is -0.386 e. The third-order valence-corrected chi connectivity index (χ3v) is 11.5. The Kier molecular flexibility index (Phi) is 8.72. The molecule has 0 unspecified atom stereocenters. The zero-order chi connectivity index (χ0) is 39.4. The minimum atomic E-state index is -3.48. The van der Waals surface area contributed by atoms with Crippen LogP contribution in [0, 0.1) is 17.6 Å². The van der Waals surface area contributed by atoms with Gasteiger partial charge in [0.15, 0.2) is 15.6 Å². The Morgan fingerprint density at radius 2 is 1.73 bits per heavy atom. The van der Waals surface area contributed by atoms with Gasteiger partial charge in [-0.05, 0) is 55.5 Å². The van der Waals surface area contributed by atoms with Crippen molar-refractivity contribution in [3.05, 3.63) is 94.1 Å². The molecule has 0 bridgehead atoms. The minimum absolute atomic E-state index is 0.0576. The molecule has 3 aliphatic rings. The van der Waals surface area contributed by atoms with Crippen LogP contribution >= 0.6 is 0 Å². The number of carbonyl (C=O) groups excluding carboxylic acids is 1. The summed E-state index contributed by atoms with van der Waals surface area (Å²) in [5.41, 5.74) is -0.324. The van der Waals surface area contributed by atoms with Crippen molar-refractivity contribution in [2.75, 3.05) is 24.2 Å². The number of benzene rings is 2. The van der Waals surface area contributed by atoms with Gasteiger partial charge in [-0.25, -0.2) is 31.0 Å². The van der Waals surface area contributed by atoms with E-state index in [0.717, 1.165) is 18.4 Å². The monoisotopic (exact) mass is 786 g/mol. The van der Waals surface area contributed by atoms with Gasteiger partial charge in [0.05, 0.1) is 28.3 Å². The van der Waals surface area contributed by atoms with E-state index in [0.29, 0.717) is 44.3 Å². The zero-order valence-electron chi connectivity index (χ0n) is 29.9. The molecule has 17 heteroatoms. The maximum Gasteiger partial charge on any atom is 0.293 e. The Morgan fingerprint density at radius 3 is 2.38 bits per heavy atom. The van der Waals surface area contributed by atoms with Crippen LogP contribution in [0.2, 0.25) is 0 Å². The number of aliphatic hydroxyl groups is 1. The molecule has 3 aromatic heterocycles. The highest BCUT2D eigenvalue weighted by Gasteiger charge is 2.67. The van der Waals surface area contributed by atoms with E-state index in [-0.39, 0.29) is 48.5 Å². The quantitative estimate of drug-likeness (QED) is 0.145. The molecule has 4 heterocycles. The topological polar surface area (TPSA) is 123 Å². The van der Waals surface area contributed by atoms with Crippen molar-refractivity contribution in [2.45, 2.75) is 68.3 Å². The number of nitrogens with zero attached hydrogens (tertiary/aromatic N) is 6. The van der Waals surface area contributed by atoms with Crippen molar-refractivity contribution >= 4 is 32.3 Å². The van der Waals surface area contributed by atoms with Crippen molar-refractivity contribution in [2.24, 2.45) is 13.0 Å². The molecule has 55 heavy (non-hydrogen) atoms. The van der Waals surface area contributed by atoms with Crippen molar-refractivity contribution < 1.29 is 44.7 Å². The molecule has 1 aliphatic heterocycles. The molecule has 2 aliphatic carbocycles. The summed E-state index contributed by atoms with van der Waals surface area (Å²) < 4.78 is 115. The van der Waals surface area contributed by atoms with Crippen LogP contribution in [0.5, 0.6) is 0 Å². The molecule has 1 saturated heterocycles. The van der Waals surface area contributed by atoms with Gasteiger partial charge in [0, 0.05) is 72.8 Å². The van der Waals surface area contributed by atoms with Crippen LogP contribution in [-0.4, -0.2) is 68.8 Å². The first-order valence-electron chi connectivity index (χ1n) is 17.6. The summed E-state index contributed by atoms with van der Waals surface area (Å²) >= 11 is 0. The molecule has 8 rings (SSSR count). The highest BCUT2D eigenvalue weighted by Crippen LogP contribution is 2.68. The SMILES string of the molecule is Cn1nc(CS(C)(=O)=O)c2cccc(-c3ccc(N4CC(C)(O)C4)nc3[C@@H](CC(=O)Cn3nc(C(F)F)c4c3C(F)(F)[C@@H]3C[C@H]43)Cc3cc(F)cc(F)c3)c21. The fourth-order valence-electron chi connectivity index (χ4n) is 8.46. The molecule has 5 aromatic rings. The summed E-state index contributed by atoms with van der Waals surface area (Å²) in [4.78, 5) is 20.8. The number of hydrogen-bond donors (Lipinski definition) is 1. The smallest absolute Gasteiger partial charge is 0.293 e. The summed E-state index contributed by atoms with van der Waals surface area (Å²) in [7, 11) is -1.83. The number of rotatable bonds is 12. The van der Waals surface area contributed by atoms with E-state index in [1.54, 1.807) is 49.2 Å². The number of fused-ring (bicyclic) bond motifs is 4. The molecule has 1 saturated carbocycles. The summed E-state index contributed by atoms with van der Waals surface area (Å²) in [6.45, 7) is 1.37. The Balaban J connectivity index is 1.25. The summed E-state index contributed by atoms with van der Waals surface area (Å²) in [5.74, 6) is -8.59. The van der Waals surface area contributed by atoms with Crippen molar-refractivity contribution in [1.29, 1.82) is 0 Å². The van der Waals surface area contributed by atoms with Crippen molar-refractivity contribution in [1.82, 2.24) is 24.5 Å². The first-order chi connectivity index (χ1) is 25.8. The van der Waals surface area contributed by atoms with E-state index in [4.69, 9.17) is 4.98 Å². The Hall–Kier alpha value is -4.77. The lowest BCUT2D eigenvalue weighted by Crippen LogP contribution is -2.60. The Morgan fingerprint density at radius 1 is 1.02 bits per heavy atom. The standard InChI is InChI=1S/C38H36F6N6O4S/c1-37(52)17-49(18-37)30-8-7-24(25-5-4-6-26-29(16-55(3,53)54)46-48(2)34(25)26)32(45-30)20(9-19-10-21(39)13-22(40)11-19)12-23(51)15-50-35-31(33(47-50)36(41)42)27-14-28(27)38(35,43)44/h4-8,10-11,13,20,27-28,36,52H,9,12,14-18H2,1-3H3/t20-,27+,28-/m1/s1. The number of halogens is 6. The number of anilines is 1. The van der Waals surface area contributed by atoms with Crippen LogP contribution in [0.25, 0.3) is 22.0 Å². The molecule has 3 atom stereocenters. The zero-order valence-corrected chi connectivity index (χ0v) is 30.7. The largest absolute Gasteiger partial charge is 0.386 e. The molecule has 2 aromatic carbocycles. The van der Waals surface area contributed by atoms with Crippen molar-refractivity contribution in [3.63, 3.8) is 0 Å². The average Bonchev–Trinajstić information content (AvgIpc) is 3.62. The lowest BCUT2D eigenvalue weighted by molar-refractivity contribution is -0.120. The van der Waals surface area contributed by atoms with E-state index in [9.17, 15) is 35.9 Å². The molecule has 0 radical (unpaired) electrons. The maximum atomic E-state index is 15.4. The van der Waals surface area contributed by atoms with Gasteiger partial charge in [-0.3, -0.25) is 14.2 Å². The van der Waals surface area contributed by atoms with E-state index in [2.05, 4.69) is 10.2 Å². The fourth-order valence-corrected chi connectivity index (χ4v) is 9.17. The molecule has 1 N–H and O–H groups in total. The first kappa shape index (κ1) is 37.2. The number of para-hydroxylation sites is 1. The highest BCUT2D eigenvalue weighted by molar-refractivity contribution is 7.89. The summed E-state index contributed by atoms with van der Waals surface area (Å²) in [6.07, 6.45) is -2.54. The number of pyridine rings is 1. The van der Waals surface area contributed by atoms with Gasteiger partial charge < -0.3 is 10.0 Å². The third kappa shape index (κ3) is 6.78. The van der Waals surface area contributed by atoms with E-state index in [1.807, 2.05) is 0 Å². The van der Waals surface area contributed by atoms with Gasteiger partial charge in [0.25, 0.3) is 12.3 Å². The van der Waals surface area contributed by atoms with E-state index in [1.165, 1.54) is 4.68 Å². The molecule has 2 fully saturated rings. The number of carbonyl (C=O) groups is 1. The lowest BCUT2D eigenvalue weighted by Gasteiger charge is -2.45. The molecule has 0 amide bonds. The van der Waals surface area contributed by atoms with Crippen LogP contribution in [-0.2, 0) is 46.3 Å². The number of aryl methyl sites for hydroxylation is 1. The molecular formula is C38H36F6N6O4S. The number of ketones is 1. The normalized spacial score (nSPS) is 20.1. The summed E-state index contributed by atoms with van der Waals surface area (Å²) in [5, 5.41) is 19.3.